The molecule has 134 valence electrons. The van der Waals surface area contributed by atoms with Crippen LogP contribution in [0.1, 0.15) is 41.8 Å². The molecule has 2 aromatic carbocycles. The van der Waals surface area contributed by atoms with Gasteiger partial charge in [0.15, 0.2) is 5.78 Å². The van der Waals surface area contributed by atoms with Crippen molar-refractivity contribution in [1.29, 1.82) is 0 Å². The van der Waals surface area contributed by atoms with Crippen LogP contribution >= 0.6 is 0 Å². The molecule has 0 aromatic heterocycles. The number of hydrogen-bond acceptors (Lipinski definition) is 2. The van der Waals surface area contributed by atoms with E-state index in [1.807, 2.05) is 86.7 Å². The monoisotopic (exact) mass is 346 g/mol. The van der Waals surface area contributed by atoms with Crippen LogP contribution in [0.25, 0.3) is 6.08 Å². The van der Waals surface area contributed by atoms with E-state index in [0.717, 1.165) is 23.3 Å². The van der Waals surface area contributed by atoms with Crippen molar-refractivity contribution in [3.63, 3.8) is 0 Å². The van der Waals surface area contributed by atoms with E-state index in [1.54, 1.807) is 0 Å². The summed E-state index contributed by atoms with van der Waals surface area (Å²) in [7, 11) is 0. The molecular weight excluding hydrogens is 320 g/mol. The molecule has 0 saturated carbocycles. The highest BCUT2D eigenvalue weighted by Gasteiger charge is 2.14. The Kier molecular flexibility index (Phi) is 7.63. The molecule has 0 N–H and O–H groups in total. The quantitative estimate of drug-likeness (QED) is 0.470. The van der Waals surface area contributed by atoms with Crippen molar-refractivity contribution in [3.8, 4) is 5.75 Å². The van der Waals surface area contributed by atoms with Gasteiger partial charge in [0, 0.05) is 18.4 Å². The molecule has 0 aliphatic carbocycles. The molecule has 1 aliphatic rings. The Hall–Kier alpha value is -2.87. The topological polar surface area (TPSA) is 26.3 Å². The fourth-order valence-electron chi connectivity index (χ4n) is 2.60. The standard InChI is InChI=1S/C22H20O2.C2H6/c1-17(10-11-18-7-3-2-4-8-18)6-5-9-21(23)20-13-12-19-14-15-24-22(19)16-20;1-2/h2-8,10-13,16H,1,9,14-15H2;1-2H3/b6-5-,11-10+;. The summed E-state index contributed by atoms with van der Waals surface area (Å²) in [5, 5.41) is 0. The van der Waals surface area contributed by atoms with Crippen molar-refractivity contribution in [1.82, 2.24) is 0 Å². The molecule has 0 bridgehead atoms. The van der Waals surface area contributed by atoms with Crippen LogP contribution < -0.4 is 4.74 Å². The number of rotatable bonds is 6. The van der Waals surface area contributed by atoms with Crippen molar-refractivity contribution in [2.24, 2.45) is 0 Å². The van der Waals surface area contributed by atoms with Crippen LogP contribution in [-0.2, 0) is 6.42 Å². The number of Topliss-reactive ketones (excluding diaryl/α,β-unsaturated/α-hetero) is 1. The number of ketones is 1. The lowest BCUT2D eigenvalue weighted by atomic mass is 10.0. The van der Waals surface area contributed by atoms with Gasteiger partial charge in [0.25, 0.3) is 0 Å². The van der Waals surface area contributed by atoms with Gasteiger partial charge < -0.3 is 4.74 Å². The van der Waals surface area contributed by atoms with Gasteiger partial charge >= 0.3 is 0 Å². The number of fused-ring (bicyclic) bond motifs is 1. The Balaban J connectivity index is 0.00000117. The molecule has 26 heavy (non-hydrogen) atoms. The Bertz CT molecular complexity index is 798. The van der Waals surface area contributed by atoms with Crippen molar-refractivity contribution < 1.29 is 9.53 Å². The molecule has 0 saturated heterocycles. The second-order valence-electron chi connectivity index (χ2n) is 5.77. The average Bonchev–Trinajstić information content (AvgIpc) is 3.16. The van der Waals surface area contributed by atoms with Crippen LogP contribution in [0.4, 0.5) is 0 Å². The summed E-state index contributed by atoms with van der Waals surface area (Å²) >= 11 is 0. The molecule has 0 unspecified atom stereocenters. The zero-order chi connectivity index (χ0) is 18.8. The van der Waals surface area contributed by atoms with E-state index in [1.165, 1.54) is 5.56 Å². The average molecular weight is 346 g/mol. The maximum absolute atomic E-state index is 12.3. The summed E-state index contributed by atoms with van der Waals surface area (Å²) in [5.74, 6) is 0.935. The Morgan fingerprint density at radius 3 is 2.65 bits per heavy atom. The Morgan fingerprint density at radius 2 is 1.88 bits per heavy atom. The zero-order valence-electron chi connectivity index (χ0n) is 15.6. The van der Waals surface area contributed by atoms with Gasteiger partial charge in [-0.05, 0) is 22.8 Å². The Morgan fingerprint density at radius 1 is 1.12 bits per heavy atom. The van der Waals surface area contributed by atoms with E-state index in [0.29, 0.717) is 18.6 Å². The lowest BCUT2D eigenvalue weighted by molar-refractivity contribution is 0.0995. The second kappa shape index (κ2) is 10.2. The molecule has 2 heteroatoms. The smallest absolute Gasteiger partial charge is 0.166 e. The maximum atomic E-state index is 12.3. The first-order valence-corrected chi connectivity index (χ1v) is 9.10. The Labute approximate surface area is 156 Å². The zero-order valence-corrected chi connectivity index (χ0v) is 15.6. The number of carbonyl (C=O) groups is 1. The van der Waals surface area contributed by atoms with Gasteiger partial charge in [-0.3, -0.25) is 4.79 Å². The highest BCUT2D eigenvalue weighted by molar-refractivity contribution is 5.97. The SMILES string of the molecule is C=C(/C=C\CC(=O)c1ccc2c(c1)OCC2)/C=C/c1ccccc1.CC. The third-order valence-corrected chi connectivity index (χ3v) is 3.94. The van der Waals surface area contributed by atoms with Gasteiger partial charge in [-0.25, -0.2) is 0 Å². The molecule has 2 aromatic rings. The van der Waals surface area contributed by atoms with Crippen LogP contribution in [0.3, 0.4) is 0 Å². The number of carbonyl (C=O) groups excluding carboxylic acids is 1. The molecule has 0 fully saturated rings. The van der Waals surface area contributed by atoms with Crippen molar-refractivity contribution in [2.75, 3.05) is 6.61 Å². The fourth-order valence-corrected chi connectivity index (χ4v) is 2.60. The summed E-state index contributed by atoms with van der Waals surface area (Å²) in [5.41, 5.74) is 3.87. The van der Waals surface area contributed by atoms with Crippen LogP contribution in [0.15, 0.2) is 78.9 Å². The molecule has 0 spiro atoms. The van der Waals surface area contributed by atoms with Crippen LogP contribution in [-0.4, -0.2) is 12.4 Å². The van der Waals surface area contributed by atoms with Gasteiger partial charge in [0.2, 0.25) is 0 Å². The van der Waals surface area contributed by atoms with E-state index >= 15 is 0 Å². The minimum absolute atomic E-state index is 0.0874. The third-order valence-electron chi connectivity index (χ3n) is 3.94. The van der Waals surface area contributed by atoms with E-state index in [2.05, 4.69) is 6.58 Å². The fraction of sp³-hybridized carbons (Fsp3) is 0.208. The lowest BCUT2D eigenvalue weighted by Crippen LogP contribution is -1.97. The van der Waals surface area contributed by atoms with Crippen LogP contribution in [0.5, 0.6) is 5.75 Å². The van der Waals surface area contributed by atoms with Gasteiger partial charge in [0.05, 0.1) is 6.61 Å². The predicted octanol–water partition coefficient (Wildman–Crippen LogP) is 6.05. The normalized spacial score (nSPS) is 12.4. The lowest BCUT2D eigenvalue weighted by Gasteiger charge is -2.02. The van der Waals surface area contributed by atoms with E-state index in [-0.39, 0.29) is 5.78 Å². The van der Waals surface area contributed by atoms with E-state index in [4.69, 9.17) is 4.74 Å². The van der Waals surface area contributed by atoms with Gasteiger partial charge in [-0.15, -0.1) is 0 Å². The first-order valence-electron chi connectivity index (χ1n) is 9.10. The van der Waals surface area contributed by atoms with Gasteiger partial charge in [-0.2, -0.15) is 0 Å². The van der Waals surface area contributed by atoms with Crippen LogP contribution in [0, 0.1) is 0 Å². The minimum Gasteiger partial charge on any atom is -0.493 e. The molecule has 1 aliphatic heterocycles. The molecule has 3 rings (SSSR count). The molecule has 0 amide bonds. The summed E-state index contributed by atoms with van der Waals surface area (Å²) < 4.78 is 5.51. The van der Waals surface area contributed by atoms with Gasteiger partial charge in [-0.1, -0.05) is 87.2 Å². The number of benzene rings is 2. The maximum Gasteiger partial charge on any atom is 0.166 e. The summed E-state index contributed by atoms with van der Waals surface area (Å²) in [6.45, 7) is 8.69. The largest absolute Gasteiger partial charge is 0.493 e. The predicted molar refractivity (Wildman–Crippen MR) is 110 cm³/mol. The summed E-state index contributed by atoms with van der Waals surface area (Å²) in [6.07, 6.45) is 8.97. The highest BCUT2D eigenvalue weighted by Crippen LogP contribution is 2.26. The van der Waals surface area contributed by atoms with Crippen molar-refractivity contribution >= 4 is 11.9 Å². The molecule has 2 nitrogen and oxygen atoms in total. The molecule has 1 heterocycles. The van der Waals surface area contributed by atoms with E-state index in [9.17, 15) is 4.79 Å². The van der Waals surface area contributed by atoms with Crippen LogP contribution in [0.2, 0.25) is 0 Å². The minimum atomic E-state index is 0.0874. The highest BCUT2D eigenvalue weighted by atomic mass is 16.5. The number of allylic oxidation sites excluding steroid dienone is 4. The third kappa shape index (κ3) is 5.59. The second-order valence-corrected chi connectivity index (χ2v) is 5.77. The first kappa shape index (κ1) is 19.5. The van der Waals surface area contributed by atoms with E-state index < -0.39 is 0 Å². The summed E-state index contributed by atoms with van der Waals surface area (Å²) in [6, 6.07) is 15.8. The molecule has 0 atom stereocenters. The van der Waals surface area contributed by atoms with Gasteiger partial charge in [0.1, 0.15) is 5.75 Å². The molecular formula is C24H26O2. The number of ether oxygens (including phenoxy) is 1. The molecule has 0 radical (unpaired) electrons. The van der Waals surface area contributed by atoms with Crippen molar-refractivity contribution in [3.05, 3.63) is 95.6 Å². The summed E-state index contributed by atoms with van der Waals surface area (Å²) in [4.78, 5) is 12.3. The number of hydrogen-bond donors (Lipinski definition) is 0. The first-order chi connectivity index (χ1) is 12.7. The van der Waals surface area contributed by atoms with Crippen molar-refractivity contribution in [2.45, 2.75) is 26.7 Å².